The fraction of sp³-hybridized carbons (Fsp3) is 0. The minimum Gasteiger partial charge on any atom is -0.338 e. The van der Waals surface area contributed by atoms with E-state index in [1.54, 1.807) is 6.07 Å². The van der Waals surface area contributed by atoms with Gasteiger partial charge in [0.15, 0.2) is 5.69 Å². The molecule has 2 aromatic heterocycles. The van der Waals surface area contributed by atoms with E-state index in [0.717, 1.165) is 10.0 Å². The summed E-state index contributed by atoms with van der Waals surface area (Å²) in [5.74, 6) is -0.183. The highest BCUT2D eigenvalue weighted by Gasteiger charge is 2.14. The summed E-state index contributed by atoms with van der Waals surface area (Å²) in [5, 5.41) is 16.1. The Labute approximate surface area is 121 Å². The number of amides is 1. The van der Waals surface area contributed by atoms with Gasteiger partial charge >= 0.3 is 0 Å². The van der Waals surface area contributed by atoms with Crippen LogP contribution in [0.2, 0.25) is 0 Å². The van der Waals surface area contributed by atoms with E-state index in [1.165, 1.54) is 6.20 Å². The van der Waals surface area contributed by atoms with Crippen molar-refractivity contribution in [1.82, 2.24) is 20.6 Å². The minimum absolute atomic E-state index is 0.170. The lowest BCUT2D eigenvalue weighted by Crippen LogP contribution is -2.11. The van der Waals surface area contributed by atoms with Crippen LogP contribution in [-0.4, -0.2) is 26.5 Å². The Balaban J connectivity index is 1.81. The highest BCUT2D eigenvalue weighted by Crippen LogP contribution is 2.28. The van der Waals surface area contributed by atoms with Crippen LogP contribution in [0, 0.1) is 0 Å². The first-order valence-corrected chi connectivity index (χ1v) is 6.42. The Kier molecular flexibility index (Phi) is 3.30. The van der Waals surface area contributed by atoms with E-state index >= 15 is 0 Å². The van der Waals surface area contributed by atoms with Crippen molar-refractivity contribution < 1.29 is 9.32 Å². The van der Waals surface area contributed by atoms with E-state index in [0.29, 0.717) is 5.69 Å². The maximum absolute atomic E-state index is 11.8. The first kappa shape index (κ1) is 12.5. The molecule has 7 nitrogen and oxygen atoms in total. The van der Waals surface area contributed by atoms with Gasteiger partial charge in [-0.15, -0.1) is 0 Å². The van der Waals surface area contributed by atoms with Crippen molar-refractivity contribution in [1.29, 1.82) is 0 Å². The highest BCUT2D eigenvalue weighted by atomic mass is 79.9. The van der Waals surface area contributed by atoms with E-state index in [9.17, 15) is 4.79 Å². The van der Waals surface area contributed by atoms with Gasteiger partial charge in [-0.3, -0.25) is 10.1 Å². The molecule has 3 aromatic rings. The quantitative estimate of drug-likeness (QED) is 0.767. The summed E-state index contributed by atoms with van der Waals surface area (Å²) >= 11 is 3.43. The van der Waals surface area contributed by atoms with Gasteiger partial charge in [-0.1, -0.05) is 39.3 Å². The van der Waals surface area contributed by atoms with Crippen LogP contribution in [-0.2, 0) is 0 Å². The Morgan fingerprint density at radius 1 is 1.35 bits per heavy atom. The van der Waals surface area contributed by atoms with Gasteiger partial charge in [-0.2, -0.15) is 15.4 Å². The van der Waals surface area contributed by atoms with Crippen LogP contribution >= 0.6 is 15.9 Å². The largest absolute Gasteiger partial charge is 0.338 e. The zero-order valence-corrected chi connectivity index (χ0v) is 11.6. The Bertz CT molecular complexity index is 738. The number of hydrogen-bond donors (Lipinski definition) is 2. The number of nitrogens with zero attached hydrogens (tertiary/aromatic N) is 3. The fourth-order valence-corrected chi connectivity index (χ4v) is 2.10. The molecule has 1 aromatic carbocycles. The van der Waals surface area contributed by atoms with Crippen LogP contribution < -0.4 is 5.32 Å². The summed E-state index contributed by atoms with van der Waals surface area (Å²) in [4.78, 5) is 11.8. The second kappa shape index (κ2) is 5.25. The molecule has 0 atom stereocenters. The first-order chi connectivity index (χ1) is 9.74. The van der Waals surface area contributed by atoms with Gasteiger partial charge < -0.3 is 4.52 Å². The number of aromatic amines is 1. The number of carbonyl (C=O) groups is 1. The van der Waals surface area contributed by atoms with Crippen LogP contribution in [0.3, 0.4) is 0 Å². The fourth-order valence-electron chi connectivity index (χ4n) is 1.62. The normalized spacial score (nSPS) is 10.4. The molecule has 8 heteroatoms. The average molecular weight is 334 g/mol. The molecule has 2 heterocycles. The number of H-pyrrole nitrogens is 1. The summed E-state index contributed by atoms with van der Waals surface area (Å²) in [5.41, 5.74) is 1.66. The molecular weight excluding hydrogens is 326 g/mol. The summed E-state index contributed by atoms with van der Waals surface area (Å²) in [6.45, 7) is 0. The number of aromatic nitrogens is 4. The van der Waals surface area contributed by atoms with Gasteiger partial charge in [0.25, 0.3) is 5.91 Å². The maximum atomic E-state index is 11.8. The van der Waals surface area contributed by atoms with Gasteiger partial charge in [0.05, 0.1) is 6.20 Å². The van der Waals surface area contributed by atoms with E-state index in [1.807, 2.05) is 24.3 Å². The lowest BCUT2D eigenvalue weighted by molar-refractivity contribution is 0.101. The number of hydrogen-bond acceptors (Lipinski definition) is 5. The molecular formula is C12H8BrN5O2. The number of carbonyl (C=O) groups excluding carboxylic acids is 1. The van der Waals surface area contributed by atoms with Crippen LogP contribution in [0.5, 0.6) is 0 Å². The van der Waals surface area contributed by atoms with Crippen LogP contribution in [0.15, 0.2) is 45.5 Å². The molecule has 100 valence electrons. The second-order valence-corrected chi connectivity index (χ2v) is 4.72. The summed E-state index contributed by atoms with van der Waals surface area (Å²) < 4.78 is 5.97. The average Bonchev–Trinajstić information content (AvgIpc) is 3.10. The zero-order valence-electron chi connectivity index (χ0n) is 10.0. The lowest BCUT2D eigenvalue weighted by atomic mass is 10.1. The number of halogens is 1. The highest BCUT2D eigenvalue weighted by molar-refractivity contribution is 9.10. The third-order valence-electron chi connectivity index (χ3n) is 2.54. The summed E-state index contributed by atoms with van der Waals surface area (Å²) in [7, 11) is 0. The molecule has 0 spiro atoms. The molecule has 1 amide bonds. The Morgan fingerprint density at radius 3 is 2.95 bits per heavy atom. The number of nitrogens with one attached hydrogen (secondary N) is 2. The molecule has 20 heavy (non-hydrogen) atoms. The van der Waals surface area contributed by atoms with E-state index in [-0.39, 0.29) is 11.6 Å². The van der Waals surface area contributed by atoms with Crippen molar-refractivity contribution in [3.8, 4) is 11.3 Å². The van der Waals surface area contributed by atoms with Crippen molar-refractivity contribution in [2.75, 3.05) is 5.32 Å². The molecule has 2 N–H and O–H groups in total. The summed E-state index contributed by atoms with van der Waals surface area (Å²) in [6.07, 6.45) is 1.32. The number of rotatable bonds is 3. The van der Waals surface area contributed by atoms with Crippen molar-refractivity contribution >= 4 is 27.7 Å². The molecule has 0 unspecified atom stereocenters. The van der Waals surface area contributed by atoms with E-state index in [2.05, 4.69) is 41.8 Å². The van der Waals surface area contributed by atoms with Gasteiger partial charge in [-0.25, -0.2) is 0 Å². The van der Waals surface area contributed by atoms with Gasteiger partial charge in [0.2, 0.25) is 5.88 Å². The predicted molar refractivity (Wildman–Crippen MR) is 74.0 cm³/mol. The minimum atomic E-state index is -0.423. The molecule has 0 bridgehead atoms. The first-order valence-electron chi connectivity index (χ1n) is 5.63. The maximum Gasteiger partial charge on any atom is 0.280 e. The predicted octanol–water partition coefficient (Wildman–Crippen LogP) is 2.47. The molecule has 0 aliphatic rings. The van der Waals surface area contributed by atoms with Crippen molar-refractivity contribution in [3.05, 3.63) is 46.7 Å². The second-order valence-electron chi connectivity index (χ2n) is 3.87. The third-order valence-corrected chi connectivity index (χ3v) is 3.24. The number of benzene rings is 1. The molecule has 0 aliphatic carbocycles. The lowest BCUT2D eigenvalue weighted by Gasteiger charge is -1.97. The molecule has 0 fully saturated rings. The van der Waals surface area contributed by atoms with Crippen molar-refractivity contribution in [3.63, 3.8) is 0 Å². The third kappa shape index (κ3) is 2.45. The number of anilines is 1. The van der Waals surface area contributed by atoms with Crippen molar-refractivity contribution in [2.24, 2.45) is 0 Å². The Morgan fingerprint density at radius 2 is 2.20 bits per heavy atom. The van der Waals surface area contributed by atoms with Gasteiger partial charge in [0, 0.05) is 16.1 Å². The van der Waals surface area contributed by atoms with E-state index < -0.39 is 5.91 Å². The van der Waals surface area contributed by atoms with Crippen molar-refractivity contribution in [2.45, 2.75) is 0 Å². The van der Waals surface area contributed by atoms with Gasteiger partial charge in [-0.05, 0) is 6.07 Å². The monoisotopic (exact) mass is 333 g/mol. The Hall–Kier alpha value is -2.48. The zero-order chi connectivity index (χ0) is 13.9. The molecule has 3 rings (SSSR count). The molecule has 0 saturated carbocycles. The molecule has 0 aliphatic heterocycles. The SMILES string of the molecule is O=C(Nc1cc(-c2ccccc2Br)no1)c1cn[nH]n1. The van der Waals surface area contributed by atoms with Crippen LogP contribution in [0.25, 0.3) is 11.3 Å². The smallest absolute Gasteiger partial charge is 0.280 e. The van der Waals surface area contributed by atoms with Crippen LogP contribution in [0.1, 0.15) is 10.5 Å². The molecule has 0 saturated heterocycles. The standard InChI is InChI=1S/C12H8BrN5O2/c13-8-4-2-1-3-7(8)9-5-11(20-17-9)15-12(19)10-6-14-18-16-10/h1-6H,(H,15,19)(H,14,16,18). The van der Waals surface area contributed by atoms with Gasteiger partial charge in [0.1, 0.15) is 5.69 Å². The molecule has 0 radical (unpaired) electrons. The summed E-state index contributed by atoms with van der Waals surface area (Å²) in [6, 6.07) is 9.23. The topological polar surface area (TPSA) is 96.7 Å². The van der Waals surface area contributed by atoms with Crippen LogP contribution in [0.4, 0.5) is 5.88 Å². The van der Waals surface area contributed by atoms with E-state index in [4.69, 9.17) is 4.52 Å².